The van der Waals surface area contributed by atoms with E-state index in [1.54, 1.807) is 18.2 Å². The number of nitrogens with one attached hydrogen (secondary N) is 1. The zero-order valence-corrected chi connectivity index (χ0v) is 11.0. The Kier molecular flexibility index (Phi) is 3.50. The van der Waals surface area contributed by atoms with Crippen molar-refractivity contribution >= 4 is 5.69 Å². The average molecular weight is 286 g/mol. The van der Waals surface area contributed by atoms with Crippen molar-refractivity contribution in [3.8, 4) is 5.75 Å². The Bertz CT molecular complexity index is 470. The second-order valence-electron chi connectivity index (χ2n) is 5.43. The number of halogens is 3. The Hall–Kier alpha value is -1.43. The second-order valence-corrected chi connectivity index (χ2v) is 5.43. The van der Waals surface area contributed by atoms with Crippen LogP contribution in [0.5, 0.6) is 5.75 Å². The standard InChI is InChI=1S/C14H17F3N2O/c15-14(16,17)20-13-4-2-1-3-11(13)18-12-9-19-7-5-10(12)6-8-19/h1-4,10,12,18H,5-9H2. The highest BCUT2D eigenvalue weighted by Gasteiger charge is 2.35. The molecule has 3 fully saturated rings. The molecule has 3 saturated heterocycles. The van der Waals surface area contributed by atoms with Crippen LogP contribution in [0.2, 0.25) is 0 Å². The van der Waals surface area contributed by atoms with E-state index >= 15 is 0 Å². The van der Waals surface area contributed by atoms with Gasteiger partial charge in [-0.05, 0) is 44.0 Å². The van der Waals surface area contributed by atoms with Crippen LogP contribution in [0, 0.1) is 5.92 Å². The highest BCUT2D eigenvalue weighted by Crippen LogP contribution is 2.34. The summed E-state index contributed by atoms with van der Waals surface area (Å²) in [5, 5.41) is 3.24. The van der Waals surface area contributed by atoms with Gasteiger partial charge in [-0.1, -0.05) is 12.1 Å². The van der Waals surface area contributed by atoms with Crippen molar-refractivity contribution in [3.63, 3.8) is 0 Å². The van der Waals surface area contributed by atoms with E-state index < -0.39 is 6.36 Å². The van der Waals surface area contributed by atoms with Gasteiger partial charge in [0.2, 0.25) is 0 Å². The minimum absolute atomic E-state index is 0.156. The van der Waals surface area contributed by atoms with Crippen LogP contribution in [0.25, 0.3) is 0 Å². The summed E-state index contributed by atoms with van der Waals surface area (Å²) in [6.45, 7) is 3.10. The number of nitrogens with zero attached hydrogens (tertiary/aromatic N) is 1. The number of para-hydroxylation sites is 2. The molecule has 6 heteroatoms. The van der Waals surface area contributed by atoms with Crippen molar-refractivity contribution < 1.29 is 17.9 Å². The smallest absolute Gasteiger partial charge is 0.404 e. The lowest BCUT2D eigenvalue weighted by Crippen LogP contribution is -2.53. The first kappa shape index (κ1) is 13.5. The lowest BCUT2D eigenvalue weighted by Gasteiger charge is -2.45. The Morgan fingerprint density at radius 2 is 1.85 bits per heavy atom. The van der Waals surface area contributed by atoms with Crippen LogP contribution < -0.4 is 10.1 Å². The summed E-state index contributed by atoms with van der Waals surface area (Å²) in [6, 6.07) is 6.45. The molecule has 1 N–H and O–H groups in total. The molecule has 1 unspecified atom stereocenters. The average Bonchev–Trinajstić information content (AvgIpc) is 2.41. The quantitative estimate of drug-likeness (QED) is 0.924. The molecular weight excluding hydrogens is 269 g/mol. The second kappa shape index (κ2) is 5.16. The molecule has 1 atom stereocenters. The summed E-state index contributed by atoms with van der Waals surface area (Å²) in [6.07, 6.45) is -2.44. The molecule has 110 valence electrons. The van der Waals surface area contributed by atoms with Gasteiger partial charge in [-0.15, -0.1) is 13.2 Å². The third kappa shape index (κ3) is 3.00. The molecule has 3 aliphatic heterocycles. The number of hydrogen-bond acceptors (Lipinski definition) is 3. The van der Waals surface area contributed by atoms with Crippen LogP contribution in [0.3, 0.4) is 0 Å². The van der Waals surface area contributed by atoms with E-state index in [1.165, 1.54) is 6.07 Å². The van der Waals surface area contributed by atoms with Crippen LogP contribution in [-0.4, -0.2) is 36.9 Å². The number of fused-ring (bicyclic) bond motifs is 3. The number of rotatable bonds is 3. The number of alkyl halides is 3. The molecule has 20 heavy (non-hydrogen) atoms. The summed E-state index contributed by atoms with van der Waals surface area (Å²) in [7, 11) is 0. The molecule has 4 rings (SSSR count). The molecule has 0 aliphatic carbocycles. The Labute approximate surface area is 115 Å². The first-order chi connectivity index (χ1) is 9.51. The van der Waals surface area contributed by atoms with Crippen molar-refractivity contribution in [2.45, 2.75) is 25.2 Å². The molecule has 0 amide bonds. The van der Waals surface area contributed by atoms with Crippen molar-refractivity contribution in [3.05, 3.63) is 24.3 Å². The SMILES string of the molecule is FC(F)(F)Oc1ccccc1NC1CN2CCC1CC2. The summed E-state index contributed by atoms with van der Waals surface area (Å²) >= 11 is 0. The molecule has 3 heterocycles. The monoisotopic (exact) mass is 286 g/mol. The highest BCUT2D eigenvalue weighted by atomic mass is 19.4. The first-order valence-corrected chi connectivity index (χ1v) is 6.85. The first-order valence-electron chi connectivity index (χ1n) is 6.85. The molecule has 2 bridgehead atoms. The van der Waals surface area contributed by atoms with E-state index in [0.717, 1.165) is 32.5 Å². The van der Waals surface area contributed by atoms with Crippen LogP contribution >= 0.6 is 0 Å². The molecule has 0 radical (unpaired) electrons. The van der Waals surface area contributed by atoms with Gasteiger partial charge in [-0.3, -0.25) is 0 Å². The van der Waals surface area contributed by atoms with Crippen LogP contribution in [-0.2, 0) is 0 Å². The van der Waals surface area contributed by atoms with Crippen molar-refractivity contribution in [1.29, 1.82) is 0 Å². The number of hydrogen-bond donors (Lipinski definition) is 1. The molecule has 0 aromatic heterocycles. The van der Waals surface area contributed by atoms with Gasteiger partial charge in [0.25, 0.3) is 0 Å². The van der Waals surface area contributed by atoms with Gasteiger partial charge in [-0.25, -0.2) is 0 Å². The van der Waals surface area contributed by atoms with E-state index in [1.807, 2.05) is 0 Å². The highest BCUT2D eigenvalue weighted by molar-refractivity contribution is 5.57. The summed E-state index contributed by atoms with van der Waals surface area (Å²) in [5.41, 5.74) is 0.420. The summed E-state index contributed by atoms with van der Waals surface area (Å²) < 4.78 is 41.3. The molecule has 1 aromatic carbocycles. The number of ether oxygens (including phenoxy) is 1. The predicted octanol–water partition coefficient (Wildman–Crippen LogP) is 3.09. The van der Waals surface area contributed by atoms with Gasteiger partial charge in [0.1, 0.15) is 0 Å². The Balaban J connectivity index is 1.74. The van der Waals surface area contributed by atoms with Crippen LogP contribution in [0.15, 0.2) is 24.3 Å². The lowest BCUT2D eigenvalue weighted by molar-refractivity contribution is -0.274. The maximum atomic E-state index is 12.4. The molecule has 0 spiro atoms. The number of benzene rings is 1. The Morgan fingerprint density at radius 1 is 1.15 bits per heavy atom. The normalized spacial score (nSPS) is 29.2. The fourth-order valence-corrected chi connectivity index (χ4v) is 3.13. The van der Waals surface area contributed by atoms with Gasteiger partial charge in [0.15, 0.2) is 5.75 Å². The number of piperidine rings is 3. The predicted molar refractivity (Wildman–Crippen MR) is 69.7 cm³/mol. The molecular formula is C14H17F3N2O. The van der Waals surface area contributed by atoms with Gasteiger partial charge in [-0.2, -0.15) is 0 Å². The molecule has 3 aliphatic rings. The van der Waals surface area contributed by atoms with E-state index in [-0.39, 0.29) is 11.8 Å². The zero-order chi connectivity index (χ0) is 14.2. The van der Waals surface area contributed by atoms with E-state index in [2.05, 4.69) is 15.0 Å². The fraction of sp³-hybridized carbons (Fsp3) is 0.571. The molecule has 0 saturated carbocycles. The minimum atomic E-state index is -4.66. The van der Waals surface area contributed by atoms with Gasteiger partial charge >= 0.3 is 6.36 Å². The topological polar surface area (TPSA) is 24.5 Å². The third-order valence-corrected chi connectivity index (χ3v) is 4.11. The van der Waals surface area contributed by atoms with E-state index in [0.29, 0.717) is 11.6 Å². The summed E-state index contributed by atoms with van der Waals surface area (Å²) in [4.78, 5) is 2.35. The maximum Gasteiger partial charge on any atom is 0.573 e. The minimum Gasteiger partial charge on any atom is -0.404 e. The molecule has 3 nitrogen and oxygen atoms in total. The largest absolute Gasteiger partial charge is 0.573 e. The maximum absolute atomic E-state index is 12.4. The van der Waals surface area contributed by atoms with Gasteiger partial charge < -0.3 is 15.0 Å². The van der Waals surface area contributed by atoms with Crippen LogP contribution in [0.4, 0.5) is 18.9 Å². The molecule has 1 aromatic rings. The van der Waals surface area contributed by atoms with Crippen molar-refractivity contribution in [1.82, 2.24) is 4.90 Å². The fourth-order valence-electron chi connectivity index (χ4n) is 3.13. The Morgan fingerprint density at radius 3 is 2.45 bits per heavy atom. The van der Waals surface area contributed by atoms with Crippen LogP contribution in [0.1, 0.15) is 12.8 Å². The van der Waals surface area contributed by atoms with Crippen molar-refractivity contribution in [2.75, 3.05) is 25.0 Å². The van der Waals surface area contributed by atoms with E-state index in [9.17, 15) is 13.2 Å². The van der Waals surface area contributed by atoms with Gasteiger partial charge in [0.05, 0.1) is 5.69 Å². The third-order valence-electron chi connectivity index (χ3n) is 4.11. The summed E-state index contributed by atoms with van der Waals surface area (Å²) in [5.74, 6) is 0.385. The van der Waals surface area contributed by atoms with Crippen molar-refractivity contribution in [2.24, 2.45) is 5.92 Å². The zero-order valence-electron chi connectivity index (χ0n) is 11.0. The van der Waals surface area contributed by atoms with Gasteiger partial charge in [0, 0.05) is 12.6 Å². The lowest BCUT2D eigenvalue weighted by atomic mass is 9.84. The number of anilines is 1. The van der Waals surface area contributed by atoms with E-state index in [4.69, 9.17) is 0 Å².